The zero-order chi connectivity index (χ0) is 10.6. The molecule has 0 aromatic carbocycles. The average molecular weight is 216 g/mol. The molecular formula is C10H20N2OS. The lowest BCUT2D eigenvalue weighted by atomic mass is 9.95. The van der Waals surface area contributed by atoms with Crippen molar-refractivity contribution in [1.82, 2.24) is 5.32 Å². The van der Waals surface area contributed by atoms with Crippen LogP contribution in [0.15, 0.2) is 0 Å². The maximum Gasteiger partial charge on any atom is 0.236 e. The molecular weight excluding hydrogens is 196 g/mol. The Morgan fingerprint density at radius 2 is 2.29 bits per heavy atom. The van der Waals surface area contributed by atoms with Crippen molar-refractivity contribution in [2.24, 2.45) is 5.73 Å². The van der Waals surface area contributed by atoms with E-state index in [4.69, 9.17) is 5.73 Å². The highest BCUT2D eigenvalue weighted by Crippen LogP contribution is 2.26. The van der Waals surface area contributed by atoms with E-state index in [1.165, 1.54) is 12.8 Å². The maximum absolute atomic E-state index is 11.4. The molecule has 1 aliphatic rings. The topological polar surface area (TPSA) is 55.1 Å². The predicted octanol–water partition coefficient (Wildman–Crippen LogP) is 1.12. The molecule has 3 N–H and O–H groups in total. The molecule has 0 aromatic rings. The van der Waals surface area contributed by atoms with E-state index in [9.17, 15) is 4.79 Å². The zero-order valence-corrected chi connectivity index (χ0v) is 9.77. The lowest BCUT2D eigenvalue weighted by Gasteiger charge is -2.29. The van der Waals surface area contributed by atoms with E-state index in [1.54, 1.807) is 6.92 Å². The molecule has 1 amide bonds. The van der Waals surface area contributed by atoms with Gasteiger partial charge in [0.05, 0.1) is 6.04 Å². The number of hydrogen-bond donors (Lipinski definition) is 2. The third-order valence-corrected chi connectivity index (χ3v) is 3.81. The molecule has 0 aliphatic heterocycles. The normalized spacial score (nSPS) is 29.6. The molecule has 0 saturated heterocycles. The van der Waals surface area contributed by atoms with Gasteiger partial charge in [0.2, 0.25) is 5.91 Å². The molecule has 1 saturated carbocycles. The highest BCUT2D eigenvalue weighted by molar-refractivity contribution is 7.99. The van der Waals surface area contributed by atoms with E-state index in [-0.39, 0.29) is 11.9 Å². The Morgan fingerprint density at radius 3 is 2.86 bits per heavy atom. The fraction of sp³-hybridized carbons (Fsp3) is 0.900. The molecule has 0 bridgehead atoms. The molecule has 0 heterocycles. The lowest BCUT2D eigenvalue weighted by Crippen LogP contribution is -2.45. The number of rotatable bonds is 3. The zero-order valence-electron chi connectivity index (χ0n) is 8.95. The second kappa shape index (κ2) is 5.61. The first-order valence-corrected chi connectivity index (χ1v) is 6.51. The van der Waals surface area contributed by atoms with Gasteiger partial charge >= 0.3 is 0 Å². The Kier molecular flexibility index (Phi) is 4.75. The van der Waals surface area contributed by atoms with Crippen LogP contribution in [0.5, 0.6) is 0 Å². The van der Waals surface area contributed by atoms with Crippen molar-refractivity contribution in [3.8, 4) is 0 Å². The van der Waals surface area contributed by atoms with Gasteiger partial charge in [0.25, 0.3) is 0 Å². The van der Waals surface area contributed by atoms with Crippen LogP contribution in [0, 0.1) is 0 Å². The SMILES string of the molecule is CSC1CCCC(NC(=O)[C@@H](C)N)C1. The second-order valence-corrected chi connectivity index (χ2v) is 5.16. The van der Waals surface area contributed by atoms with Gasteiger partial charge in [-0.3, -0.25) is 4.79 Å². The Labute approximate surface area is 90.2 Å². The molecule has 0 aromatic heterocycles. The quantitative estimate of drug-likeness (QED) is 0.743. The first kappa shape index (κ1) is 11.9. The van der Waals surface area contributed by atoms with Crippen LogP contribution in [0.1, 0.15) is 32.6 Å². The summed E-state index contributed by atoms with van der Waals surface area (Å²) < 4.78 is 0. The van der Waals surface area contributed by atoms with Gasteiger partial charge in [0.15, 0.2) is 0 Å². The van der Waals surface area contributed by atoms with Crippen LogP contribution in [0.2, 0.25) is 0 Å². The number of amides is 1. The molecule has 0 radical (unpaired) electrons. The standard InChI is InChI=1S/C10H20N2OS/c1-7(11)10(13)12-8-4-3-5-9(6-8)14-2/h7-9H,3-6,11H2,1-2H3,(H,12,13)/t7-,8?,9?/m1/s1. The van der Waals surface area contributed by atoms with Crippen LogP contribution < -0.4 is 11.1 Å². The maximum atomic E-state index is 11.4. The number of hydrogen-bond acceptors (Lipinski definition) is 3. The monoisotopic (exact) mass is 216 g/mol. The average Bonchev–Trinajstić information content (AvgIpc) is 2.18. The van der Waals surface area contributed by atoms with Gasteiger partial charge < -0.3 is 11.1 Å². The van der Waals surface area contributed by atoms with Crippen molar-refractivity contribution in [2.75, 3.05) is 6.26 Å². The van der Waals surface area contributed by atoms with Gasteiger partial charge in [0.1, 0.15) is 0 Å². The fourth-order valence-electron chi connectivity index (χ4n) is 1.82. The van der Waals surface area contributed by atoms with Crippen LogP contribution in [0.4, 0.5) is 0 Å². The summed E-state index contributed by atoms with van der Waals surface area (Å²) in [4.78, 5) is 11.4. The molecule has 2 unspecified atom stereocenters. The first-order chi connectivity index (χ1) is 6.63. The van der Waals surface area contributed by atoms with Gasteiger partial charge in [-0.25, -0.2) is 0 Å². The Morgan fingerprint density at radius 1 is 1.57 bits per heavy atom. The first-order valence-electron chi connectivity index (χ1n) is 5.22. The van der Waals surface area contributed by atoms with E-state index in [0.717, 1.165) is 12.8 Å². The molecule has 0 spiro atoms. The van der Waals surface area contributed by atoms with Gasteiger partial charge in [0, 0.05) is 11.3 Å². The summed E-state index contributed by atoms with van der Waals surface area (Å²) in [5.41, 5.74) is 5.50. The highest BCUT2D eigenvalue weighted by atomic mass is 32.2. The van der Waals surface area contributed by atoms with Crippen LogP contribution in [-0.2, 0) is 4.79 Å². The third-order valence-electron chi connectivity index (χ3n) is 2.72. The molecule has 3 atom stereocenters. The summed E-state index contributed by atoms with van der Waals surface area (Å²) in [7, 11) is 0. The number of nitrogens with one attached hydrogen (secondary N) is 1. The second-order valence-electron chi connectivity index (χ2n) is 4.02. The minimum absolute atomic E-state index is 0.0169. The van der Waals surface area contributed by atoms with Crippen molar-refractivity contribution >= 4 is 17.7 Å². The van der Waals surface area contributed by atoms with Crippen molar-refractivity contribution < 1.29 is 4.79 Å². The Balaban J connectivity index is 2.34. The minimum Gasteiger partial charge on any atom is -0.352 e. The summed E-state index contributed by atoms with van der Waals surface area (Å²) in [5.74, 6) is -0.0169. The van der Waals surface area contributed by atoms with Crippen molar-refractivity contribution in [3.63, 3.8) is 0 Å². The van der Waals surface area contributed by atoms with Crippen LogP contribution in [0.3, 0.4) is 0 Å². The molecule has 4 heteroatoms. The number of thioether (sulfide) groups is 1. The minimum atomic E-state index is -0.385. The van der Waals surface area contributed by atoms with Gasteiger partial charge in [-0.1, -0.05) is 6.42 Å². The molecule has 1 rings (SSSR count). The van der Waals surface area contributed by atoms with Crippen molar-refractivity contribution in [3.05, 3.63) is 0 Å². The molecule has 82 valence electrons. The predicted molar refractivity (Wildman–Crippen MR) is 61.4 cm³/mol. The lowest BCUT2D eigenvalue weighted by molar-refractivity contribution is -0.122. The summed E-state index contributed by atoms with van der Waals surface area (Å²) >= 11 is 1.90. The van der Waals surface area contributed by atoms with E-state index in [2.05, 4.69) is 11.6 Å². The van der Waals surface area contributed by atoms with Crippen LogP contribution in [-0.4, -0.2) is 29.5 Å². The fourth-order valence-corrected chi connectivity index (χ4v) is 2.65. The Hall–Kier alpha value is -0.220. The van der Waals surface area contributed by atoms with E-state index in [1.807, 2.05) is 11.8 Å². The van der Waals surface area contributed by atoms with E-state index < -0.39 is 0 Å². The van der Waals surface area contributed by atoms with E-state index in [0.29, 0.717) is 11.3 Å². The molecule has 3 nitrogen and oxygen atoms in total. The van der Waals surface area contributed by atoms with Crippen LogP contribution >= 0.6 is 11.8 Å². The van der Waals surface area contributed by atoms with Crippen molar-refractivity contribution in [2.45, 2.75) is 49.9 Å². The third kappa shape index (κ3) is 3.50. The summed E-state index contributed by atoms with van der Waals surface area (Å²) in [5, 5.41) is 3.72. The van der Waals surface area contributed by atoms with Gasteiger partial charge in [-0.05, 0) is 32.4 Å². The van der Waals surface area contributed by atoms with Crippen molar-refractivity contribution in [1.29, 1.82) is 0 Å². The largest absolute Gasteiger partial charge is 0.352 e. The Bertz CT molecular complexity index is 197. The van der Waals surface area contributed by atoms with Gasteiger partial charge in [-0.2, -0.15) is 11.8 Å². The highest BCUT2D eigenvalue weighted by Gasteiger charge is 2.23. The molecule has 1 aliphatic carbocycles. The summed E-state index contributed by atoms with van der Waals surface area (Å²) in [6.07, 6.45) is 6.84. The molecule has 1 fully saturated rings. The van der Waals surface area contributed by atoms with Gasteiger partial charge in [-0.15, -0.1) is 0 Å². The summed E-state index contributed by atoms with van der Waals surface area (Å²) in [6.45, 7) is 1.73. The molecule has 14 heavy (non-hydrogen) atoms. The number of carbonyl (C=O) groups excluding carboxylic acids is 1. The number of nitrogens with two attached hydrogens (primary N) is 1. The number of carbonyl (C=O) groups is 1. The smallest absolute Gasteiger partial charge is 0.236 e. The van der Waals surface area contributed by atoms with E-state index >= 15 is 0 Å². The summed E-state index contributed by atoms with van der Waals surface area (Å²) in [6, 6.07) is -0.0376. The van der Waals surface area contributed by atoms with Crippen LogP contribution in [0.25, 0.3) is 0 Å².